The van der Waals surface area contributed by atoms with Gasteiger partial charge in [-0.05, 0) is 54.5 Å². The summed E-state index contributed by atoms with van der Waals surface area (Å²) in [6.45, 7) is -0.494. The van der Waals surface area contributed by atoms with Crippen LogP contribution in [0.25, 0.3) is 0 Å². The van der Waals surface area contributed by atoms with Crippen LogP contribution < -0.4 is 0 Å². The molecule has 0 radical (unpaired) electrons. The van der Waals surface area contributed by atoms with E-state index >= 15 is 0 Å². The molecule has 1 aliphatic rings. The van der Waals surface area contributed by atoms with E-state index in [4.69, 9.17) is 30.1 Å². The number of benzene rings is 4. The molecule has 4 aromatic rings. The molecule has 0 aliphatic carbocycles. The topological polar surface area (TPSA) is 114 Å². The molecular weight excluding hydrogens is 564 g/mol. The van der Waals surface area contributed by atoms with Crippen LogP contribution in [0.3, 0.4) is 0 Å². The van der Waals surface area contributed by atoms with Gasteiger partial charge in [0.05, 0.1) is 22.3 Å². The molecule has 5 rings (SSSR count). The molecule has 44 heavy (non-hydrogen) atoms. The van der Waals surface area contributed by atoms with Crippen LogP contribution in [0.15, 0.2) is 121 Å². The molecule has 9 nitrogen and oxygen atoms in total. The van der Waals surface area contributed by atoms with Gasteiger partial charge in [0.2, 0.25) is 0 Å². The molecule has 4 aromatic carbocycles. The predicted octanol–water partition coefficient (Wildman–Crippen LogP) is 4.88. The highest BCUT2D eigenvalue weighted by Gasteiger charge is 2.64. The first-order valence-electron chi connectivity index (χ1n) is 13.6. The summed E-state index contributed by atoms with van der Waals surface area (Å²) in [5, 5.41) is 0. The summed E-state index contributed by atoms with van der Waals surface area (Å²) >= 11 is 0. The number of carbonyl (C=O) groups excluding carboxylic acids is 4. The summed E-state index contributed by atoms with van der Waals surface area (Å²) in [4.78, 5) is 52.7. The summed E-state index contributed by atoms with van der Waals surface area (Å²) in [5.41, 5.74) is -1.58. The SMILES string of the molecule is C#C[C@]1(OC(=O)c2ccccc2)[C@@H](OC(=O)c2ccccc2)OC(COC(=O)c2ccccc2)[C@H]1OC(=O)c1ccccc1. The largest absolute Gasteiger partial charge is 0.459 e. The Balaban J connectivity index is 1.52. The van der Waals surface area contributed by atoms with E-state index in [0.29, 0.717) is 0 Å². The van der Waals surface area contributed by atoms with E-state index in [1.54, 1.807) is 84.9 Å². The Bertz CT molecular complexity index is 1650. The smallest absolute Gasteiger partial charge is 0.340 e. The second-order valence-corrected chi connectivity index (χ2v) is 9.63. The fourth-order valence-electron chi connectivity index (χ4n) is 4.53. The van der Waals surface area contributed by atoms with E-state index in [2.05, 4.69) is 5.92 Å². The van der Waals surface area contributed by atoms with Crippen LogP contribution in [-0.2, 0) is 23.7 Å². The van der Waals surface area contributed by atoms with Crippen molar-refractivity contribution in [3.8, 4) is 12.3 Å². The molecule has 4 atom stereocenters. The van der Waals surface area contributed by atoms with Crippen molar-refractivity contribution in [3.05, 3.63) is 144 Å². The minimum atomic E-state index is -2.29. The maximum atomic E-state index is 13.4. The lowest BCUT2D eigenvalue weighted by atomic mass is 9.94. The Morgan fingerprint density at radius 1 is 0.614 bits per heavy atom. The third-order valence-corrected chi connectivity index (χ3v) is 6.76. The first-order valence-corrected chi connectivity index (χ1v) is 13.6. The molecule has 0 bridgehead atoms. The van der Waals surface area contributed by atoms with Gasteiger partial charge in [-0.25, -0.2) is 19.2 Å². The molecule has 1 saturated heterocycles. The summed E-state index contributed by atoms with van der Waals surface area (Å²) < 4.78 is 28.9. The fraction of sp³-hybridized carbons (Fsp3) is 0.143. The Hall–Kier alpha value is -5.72. The molecule has 1 aliphatic heterocycles. The van der Waals surface area contributed by atoms with E-state index < -0.39 is 54.6 Å². The van der Waals surface area contributed by atoms with Crippen LogP contribution in [0.1, 0.15) is 41.4 Å². The number of terminal acetylenes is 1. The Morgan fingerprint density at radius 2 is 1.02 bits per heavy atom. The van der Waals surface area contributed by atoms with Crippen LogP contribution in [0.2, 0.25) is 0 Å². The standard InChI is InChI=1S/C35H26O9/c1-2-35(44-33(39)27-21-13-6-14-22-27)29(42-31(37)25-17-9-4-10-18-25)28(23-40-30(36)24-15-7-3-8-16-24)41-34(35)43-32(38)26-19-11-5-12-20-26/h1,3-22,28-29,34H,23H2/t28?,29-,34-,35-/m1/s1. The quantitative estimate of drug-likeness (QED) is 0.153. The summed E-state index contributed by atoms with van der Waals surface area (Å²) in [6.07, 6.45) is 1.36. The zero-order valence-electron chi connectivity index (χ0n) is 23.2. The second-order valence-electron chi connectivity index (χ2n) is 9.63. The van der Waals surface area contributed by atoms with Crippen LogP contribution in [0.5, 0.6) is 0 Å². The van der Waals surface area contributed by atoms with Gasteiger partial charge in [0.15, 0.2) is 6.10 Å². The van der Waals surface area contributed by atoms with Gasteiger partial charge in [0, 0.05) is 0 Å². The van der Waals surface area contributed by atoms with Crippen molar-refractivity contribution >= 4 is 23.9 Å². The molecule has 1 unspecified atom stereocenters. The predicted molar refractivity (Wildman–Crippen MR) is 156 cm³/mol. The Kier molecular flexibility index (Phi) is 9.13. The lowest BCUT2D eigenvalue weighted by Crippen LogP contribution is -2.54. The molecule has 0 N–H and O–H groups in total. The number of rotatable bonds is 9. The molecule has 0 saturated carbocycles. The van der Waals surface area contributed by atoms with E-state index in [9.17, 15) is 19.2 Å². The summed E-state index contributed by atoms with van der Waals surface area (Å²) in [5.74, 6) is -0.885. The third-order valence-electron chi connectivity index (χ3n) is 6.76. The number of carbonyl (C=O) groups is 4. The molecule has 1 heterocycles. The average molecular weight is 591 g/mol. The lowest BCUT2D eigenvalue weighted by Gasteiger charge is -2.32. The van der Waals surface area contributed by atoms with Crippen LogP contribution >= 0.6 is 0 Å². The van der Waals surface area contributed by atoms with Gasteiger partial charge in [0.1, 0.15) is 12.7 Å². The number of hydrogen-bond donors (Lipinski definition) is 0. The van der Waals surface area contributed by atoms with Crippen molar-refractivity contribution in [1.29, 1.82) is 0 Å². The highest BCUT2D eigenvalue weighted by molar-refractivity contribution is 5.92. The zero-order valence-corrected chi connectivity index (χ0v) is 23.2. The van der Waals surface area contributed by atoms with Gasteiger partial charge in [-0.2, -0.15) is 0 Å². The highest BCUT2D eigenvalue weighted by Crippen LogP contribution is 2.39. The van der Waals surface area contributed by atoms with E-state index in [1.165, 1.54) is 36.4 Å². The van der Waals surface area contributed by atoms with Crippen LogP contribution in [0, 0.1) is 12.3 Å². The van der Waals surface area contributed by atoms with E-state index in [-0.39, 0.29) is 22.3 Å². The number of esters is 4. The highest BCUT2D eigenvalue weighted by atomic mass is 16.8. The number of hydrogen-bond acceptors (Lipinski definition) is 9. The number of ether oxygens (including phenoxy) is 5. The molecular formula is C35H26O9. The molecule has 1 fully saturated rings. The zero-order chi connectivity index (χ0) is 30.9. The minimum Gasteiger partial charge on any atom is -0.459 e. The van der Waals surface area contributed by atoms with E-state index in [1.807, 2.05) is 0 Å². The Morgan fingerprint density at radius 3 is 1.48 bits per heavy atom. The molecule has 0 spiro atoms. The molecule has 0 amide bonds. The summed E-state index contributed by atoms with van der Waals surface area (Å²) in [7, 11) is 0. The first-order chi connectivity index (χ1) is 21.4. The lowest BCUT2D eigenvalue weighted by molar-refractivity contribution is -0.161. The summed E-state index contributed by atoms with van der Waals surface area (Å²) in [6, 6.07) is 32.1. The van der Waals surface area contributed by atoms with Crippen LogP contribution in [-0.4, -0.2) is 54.6 Å². The Labute approximate surface area is 253 Å². The van der Waals surface area contributed by atoms with E-state index in [0.717, 1.165) is 0 Å². The van der Waals surface area contributed by atoms with Crippen molar-refractivity contribution in [3.63, 3.8) is 0 Å². The van der Waals surface area contributed by atoms with Crippen molar-refractivity contribution in [2.24, 2.45) is 0 Å². The third kappa shape index (κ3) is 6.51. The first kappa shape index (κ1) is 29.8. The molecule has 0 aromatic heterocycles. The van der Waals surface area contributed by atoms with Crippen molar-refractivity contribution < 1.29 is 42.9 Å². The van der Waals surface area contributed by atoms with Crippen molar-refractivity contribution in [1.82, 2.24) is 0 Å². The maximum Gasteiger partial charge on any atom is 0.340 e. The normalized spacial score (nSPS) is 20.5. The van der Waals surface area contributed by atoms with Crippen molar-refractivity contribution in [2.45, 2.75) is 24.1 Å². The van der Waals surface area contributed by atoms with Crippen LogP contribution in [0.4, 0.5) is 0 Å². The van der Waals surface area contributed by atoms with Gasteiger partial charge in [-0.1, -0.05) is 72.8 Å². The second kappa shape index (κ2) is 13.5. The fourth-order valence-corrected chi connectivity index (χ4v) is 4.53. The minimum absolute atomic E-state index is 0.127. The molecule has 9 heteroatoms. The maximum absolute atomic E-state index is 13.4. The van der Waals surface area contributed by atoms with Gasteiger partial charge >= 0.3 is 23.9 Å². The van der Waals surface area contributed by atoms with Crippen molar-refractivity contribution in [2.75, 3.05) is 6.61 Å². The van der Waals surface area contributed by atoms with Gasteiger partial charge in [-0.3, -0.25) is 0 Å². The average Bonchev–Trinajstić information content (AvgIpc) is 3.35. The van der Waals surface area contributed by atoms with Gasteiger partial charge in [0.25, 0.3) is 11.9 Å². The molecule has 220 valence electrons. The monoisotopic (exact) mass is 590 g/mol. The van der Waals surface area contributed by atoms with Gasteiger partial charge < -0.3 is 23.7 Å². The van der Waals surface area contributed by atoms with Gasteiger partial charge in [-0.15, -0.1) is 6.42 Å².